The number of amides is 1. The minimum absolute atomic E-state index is 0.0554. The van der Waals surface area contributed by atoms with E-state index in [1.165, 1.54) is 0 Å². The summed E-state index contributed by atoms with van der Waals surface area (Å²) in [5.41, 5.74) is 1.41. The Hall–Kier alpha value is -1.09. The van der Waals surface area contributed by atoms with Gasteiger partial charge in [0.2, 0.25) is 0 Å². The second-order valence-corrected chi connectivity index (χ2v) is 6.03. The monoisotopic (exact) mass is 296 g/mol. The predicted molar refractivity (Wildman–Crippen MR) is 84.2 cm³/mol. The van der Waals surface area contributed by atoms with Gasteiger partial charge in [0.1, 0.15) is 5.15 Å². The Balaban J connectivity index is 3.08. The van der Waals surface area contributed by atoms with Crippen LogP contribution in [0, 0.1) is 12.8 Å². The summed E-state index contributed by atoms with van der Waals surface area (Å²) in [5, 5.41) is 0.377. The highest BCUT2D eigenvalue weighted by molar-refractivity contribution is 6.29. The van der Waals surface area contributed by atoms with E-state index < -0.39 is 0 Å². The van der Waals surface area contributed by atoms with Gasteiger partial charge in [-0.25, -0.2) is 4.98 Å². The largest absolute Gasteiger partial charge is 0.335 e. The number of carbonyl (C=O) groups is 1. The van der Waals surface area contributed by atoms with E-state index in [1.807, 2.05) is 17.9 Å². The van der Waals surface area contributed by atoms with E-state index in [9.17, 15) is 4.79 Å². The van der Waals surface area contributed by atoms with Crippen LogP contribution in [0.25, 0.3) is 0 Å². The molecule has 1 amide bonds. The molecular formula is C16H25ClN2O. The van der Waals surface area contributed by atoms with Crippen LogP contribution in [0.4, 0.5) is 0 Å². The van der Waals surface area contributed by atoms with Crippen LogP contribution >= 0.6 is 11.6 Å². The summed E-state index contributed by atoms with van der Waals surface area (Å²) >= 11 is 5.97. The Labute approximate surface area is 127 Å². The predicted octanol–water partition coefficient (Wildman–Crippen LogP) is 4.33. The first-order valence-corrected chi connectivity index (χ1v) is 7.71. The van der Waals surface area contributed by atoms with Gasteiger partial charge in [-0.3, -0.25) is 4.79 Å². The average Bonchev–Trinajstić information content (AvgIpc) is 2.36. The van der Waals surface area contributed by atoms with Crippen LogP contribution in [-0.2, 0) is 0 Å². The molecule has 4 heteroatoms. The van der Waals surface area contributed by atoms with Gasteiger partial charge in [-0.1, -0.05) is 39.3 Å². The molecule has 0 aliphatic carbocycles. The maximum atomic E-state index is 12.8. The van der Waals surface area contributed by atoms with Gasteiger partial charge < -0.3 is 4.90 Å². The molecule has 0 unspecified atom stereocenters. The summed E-state index contributed by atoms with van der Waals surface area (Å²) in [4.78, 5) is 18.9. The third kappa shape index (κ3) is 4.48. The van der Waals surface area contributed by atoms with Gasteiger partial charge in [-0.2, -0.15) is 0 Å². The quantitative estimate of drug-likeness (QED) is 0.732. The van der Waals surface area contributed by atoms with Crippen LogP contribution in [0.15, 0.2) is 12.1 Å². The molecule has 1 aromatic heterocycles. The summed E-state index contributed by atoms with van der Waals surface area (Å²) in [6.45, 7) is 11.1. The number of rotatable bonds is 6. The molecule has 20 heavy (non-hydrogen) atoms. The van der Waals surface area contributed by atoms with Crippen molar-refractivity contribution in [2.24, 2.45) is 5.92 Å². The van der Waals surface area contributed by atoms with E-state index in [4.69, 9.17) is 11.6 Å². The van der Waals surface area contributed by atoms with Gasteiger partial charge in [0.25, 0.3) is 5.91 Å². The van der Waals surface area contributed by atoms with Gasteiger partial charge >= 0.3 is 0 Å². The topological polar surface area (TPSA) is 33.2 Å². The second-order valence-electron chi connectivity index (χ2n) is 5.64. The van der Waals surface area contributed by atoms with Crippen molar-refractivity contribution in [3.8, 4) is 0 Å². The summed E-state index contributed by atoms with van der Waals surface area (Å²) in [7, 11) is 0. The van der Waals surface area contributed by atoms with E-state index in [0.29, 0.717) is 16.6 Å². The molecular weight excluding hydrogens is 272 g/mol. The molecule has 0 bridgehead atoms. The molecule has 3 nitrogen and oxygen atoms in total. The molecule has 1 heterocycles. The van der Waals surface area contributed by atoms with Crippen molar-refractivity contribution in [2.75, 3.05) is 6.54 Å². The summed E-state index contributed by atoms with van der Waals surface area (Å²) < 4.78 is 0. The molecule has 1 rings (SSSR count). The SMILES string of the molecule is CCC(CC)N(CC(C)C)C(=O)c1cc(C)nc(Cl)c1. The van der Waals surface area contributed by atoms with E-state index in [-0.39, 0.29) is 11.9 Å². The van der Waals surface area contributed by atoms with E-state index in [1.54, 1.807) is 6.07 Å². The van der Waals surface area contributed by atoms with Crippen LogP contribution < -0.4 is 0 Å². The standard InChI is InChI=1S/C16H25ClN2O/c1-6-14(7-2)19(10-11(3)4)16(20)13-8-12(5)18-15(17)9-13/h8-9,11,14H,6-7,10H2,1-5H3. The maximum Gasteiger partial charge on any atom is 0.254 e. The lowest BCUT2D eigenvalue weighted by Gasteiger charge is -2.32. The zero-order valence-electron chi connectivity index (χ0n) is 13.1. The number of nitrogens with zero attached hydrogens (tertiary/aromatic N) is 2. The van der Waals surface area contributed by atoms with Gasteiger partial charge in [0.05, 0.1) is 0 Å². The molecule has 0 fully saturated rings. The van der Waals surface area contributed by atoms with Crippen molar-refractivity contribution in [3.63, 3.8) is 0 Å². The van der Waals surface area contributed by atoms with Crippen molar-refractivity contribution in [2.45, 2.75) is 53.5 Å². The fourth-order valence-electron chi connectivity index (χ4n) is 2.44. The summed E-state index contributed by atoms with van der Waals surface area (Å²) in [6.07, 6.45) is 1.93. The minimum Gasteiger partial charge on any atom is -0.335 e. The molecule has 0 aliphatic heterocycles. The maximum absolute atomic E-state index is 12.8. The number of hydrogen-bond acceptors (Lipinski definition) is 2. The van der Waals surface area contributed by atoms with Crippen LogP contribution in [0.3, 0.4) is 0 Å². The molecule has 0 aliphatic rings. The lowest BCUT2D eigenvalue weighted by atomic mass is 10.1. The molecule has 0 radical (unpaired) electrons. The number of carbonyl (C=O) groups excluding carboxylic acids is 1. The number of halogens is 1. The average molecular weight is 297 g/mol. The fourth-order valence-corrected chi connectivity index (χ4v) is 2.69. The zero-order chi connectivity index (χ0) is 15.3. The van der Waals surface area contributed by atoms with Gasteiger partial charge in [0, 0.05) is 23.8 Å². The first kappa shape index (κ1) is 17.0. The normalized spacial score (nSPS) is 11.2. The molecule has 0 atom stereocenters. The second kappa shape index (κ2) is 7.63. The summed E-state index contributed by atoms with van der Waals surface area (Å²) in [6, 6.07) is 3.74. The smallest absolute Gasteiger partial charge is 0.254 e. The van der Waals surface area contributed by atoms with Gasteiger partial charge in [-0.05, 0) is 37.8 Å². The number of hydrogen-bond donors (Lipinski definition) is 0. The first-order valence-electron chi connectivity index (χ1n) is 7.34. The molecule has 0 N–H and O–H groups in total. The first-order chi connectivity index (χ1) is 9.38. The van der Waals surface area contributed by atoms with Crippen LogP contribution in [0.5, 0.6) is 0 Å². The molecule has 1 aromatic rings. The van der Waals surface area contributed by atoms with Crippen molar-refractivity contribution >= 4 is 17.5 Å². The van der Waals surface area contributed by atoms with Crippen LogP contribution in [0.2, 0.25) is 5.15 Å². The minimum atomic E-state index is 0.0554. The van der Waals surface area contributed by atoms with E-state index in [0.717, 1.165) is 25.1 Å². The van der Waals surface area contributed by atoms with E-state index >= 15 is 0 Å². The van der Waals surface area contributed by atoms with Crippen LogP contribution in [-0.4, -0.2) is 28.4 Å². The van der Waals surface area contributed by atoms with Crippen molar-refractivity contribution in [1.82, 2.24) is 9.88 Å². The highest BCUT2D eigenvalue weighted by atomic mass is 35.5. The van der Waals surface area contributed by atoms with Crippen molar-refractivity contribution in [3.05, 3.63) is 28.5 Å². The molecule has 0 spiro atoms. The fraction of sp³-hybridized carbons (Fsp3) is 0.625. The number of pyridine rings is 1. The third-order valence-corrected chi connectivity index (χ3v) is 3.57. The highest BCUT2D eigenvalue weighted by Gasteiger charge is 2.23. The zero-order valence-corrected chi connectivity index (χ0v) is 13.9. The third-order valence-electron chi connectivity index (χ3n) is 3.38. The Morgan fingerprint density at radius 1 is 1.30 bits per heavy atom. The lowest BCUT2D eigenvalue weighted by molar-refractivity contribution is 0.0640. The number of aryl methyl sites for hydroxylation is 1. The van der Waals surface area contributed by atoms with E-state index in [2.05, 4.69) is 32.7 Å². The highest BCUT2D eigenvalue weighted by Crippen LogP contribution is 2.18. The summed E-state index contributed by atoms with van der Waals surface area (Å²) in [5.74, 6) is 0.498. The Morgan fingerprint density at radius 2 is 1.90 bits per heavy atom. The molecule has 0 aromatic carbocycles. The Morgan fingerprint density at radius 3 is 2.35 bits per heavy atom. The molecule has 112 valence electrons. The number of aromatic nitrogens is 1. The van der Waals surface area contributed by atoms with Gasteiger partial charge in [-0.15, -0.1) is 0 Å². The lowest BCUT2D eigenvalue weighted by Crippen LogP contribution is -2.42. The van der Waals surface area contributed by atoms with Gasteiger partial charge in [0.15, 0.2) is 0 Å². The van der Waals surface area contributed by atoms with Crippen LogP contribution in [0.1, 0.15) is 56.6 Å². The Kier molecular flexibility index (Phi) is 6.47. The molecule has 0 saturated heterocycles. The van der Waals surface area contributed by atoms with Crippen molar-refractivity contribution < 1.29 is 4.79 Å². The molecule has 0 saturated carbocycles. The van der Waals surface area contributed by atoms with Crippen molar-refractivity contribution in [1.29, 1.82) is 0 Å². The Bertz CT molecular complexity index is 436.